The molecule has 0 bridgehead atoms. The number of rotatable bonds is 1. The molecule has 21 heavy (non-hydrogen) atoms. The molecule has 1 aromatic carbocycles. The lowest BCUT2D eigenvalue weighted by Gasteiger charge is -2.30. The molecule has 1 fully saturated rings. The minimum atomic E-state index is -0.143. The van der Waals surface area contributed by atoms with Gasteiger partial charge in [-0.1, -0.05) is 18.2 Å². The SMILES string of the molecule is CN1CCCC(n2[nH]cc3c4ccccc4c(=O)nc2-3)C1. The van der Waals surface area contributed by atoms with Gasteiger partial charge < -0.3 is 10.00 Å². The average molecular weight is 282 g/mol. The van der Waals surface area contributed by atoms with Crippen molar-refractivity contribution in [3.8, 4) is 11.4 Å². The Morgan fingerprint density at radius 2 is 2.10 bits per heavy atom. The smallest absolute Gasteiger partial charge is 0.279 e. The molecule has 1 unspecified atom stereocenters. The van der Waals surface area contributed by atoms with Crippen molar-refractivity contribution in [2.24, 2.45) is 0 Å². The van der Waals surface area contributed by atoms with E-state index >= 15 is 0 Å². The van der Waals surface area contributed by atoms with Crippen molar-refractivity contribution in [2.75, 3.05) is 20.1 Å². The van der Waals surface area contributed by atoms with Crippen LogP contribution in [0.15, 0.2) is 35.3 Å². The molecule has 4 rings (SSSR count). The molecule has 3 heterocycles. The van der Waals surface area contributed by atoms with Crippen molar-refractivity contribution in [3.63, 3.8) is 0 Å². The number of likely N-dealkylation sites (N-methyl/N-ethyl adjacent to an activating group) is 1. The number of likely N-dealkylation sites (tertiary alicyclic amines) is 1. The normalized spacial score (nSPS) is 20.3. The monoisotopic (exact) mass is 282 g/mol. The third kappa shape index (κ3) is 1.96. The highest BCUT2D eigenvalue weighted by Crippen LogP contribution is 2.30. The third-order valence-corrected chi connectivity index (χ3v) is 4.44. The first-order chi connectivity index (χ1) is 10.2. The highest BCUT2D eigenvalue weighted by molar-refractivity contribution is 5.94. The summed E-state index contributed by atoms with van der Waals surface area (Å²) in [5, 5.41) is 4.98. The van der Waals surface area contributed by atoms with Gasteiger partial charge in [-0.05, 0) is 37.9 Å². The molecular formula is C16H18N4O. The highest BCUT2D eigenvalue weighted by Gasteiger charge is 2.24. The molecule has 0 amide bonds. The summed E-state index contributed by atoms with van der Waals surface area (Å²) >= 11 is 0. The number of nitrogens with one attached hydrogen (secondary N) is 1. The lowest BCUT2D eigenvalue weighted by atomic mass is 10.0. The summed E-state index contributed by atoms with van der Waals surface area (Å²) in [6.45, 7) is 2.13. The van der Waals surface area contributed by atoms with Gasteiger partial charge in [0.15, 0.2) is 5.82 Å². The quantitative estimate of drug-likeness (QED) is 0.743. The van der Waals surface area contributed by atoms with Crippen LogP contribution in [0, 0.1) is 0 Å². The summed E-state index contributed by atoms with van der Waals surface area (Å²) < 4.78 is 2.07. The molecule has 0 radical (unpaired) electrons. The molecule has 0 spiro atoms. The lowest BCUT2D eigenvalue weighted by molar-refractivity contribution is 0.203. The molecule has 108 valence electrons. The Balaban J connectivity index is 1.89. The van der Waals surface area contributed by atoms with Gasteiger partial charge in [0.1, 0.15) is 0 Å². The van der Waals surface area contributed by atoms with E-state index in [1.54, 1.807) is 0 Å². The zero-order valence-corrected chi connectivity index (χ0v) is 12.0. The van der Waals surface area contributed by atoms with Gasteiger partial charge in [0.2, 0.25) is 0 Å². The Morgan fingerprint density at radius 1 is 1.29 bits per heavy atom. The number of benzene rings is 1. The summed E-state index contributed by atoms with van der Waals surface area (Å²) in [5.74, 6) is 0.777. The van der Waals surface area contributed by atoms with Gasteiger partial charge in [-0.2, -0.15) is 4.98 Å². The van der Waals surface area contributed by atoms with Gasteiger partial charge in [0.05, 0.1) is 6.04 Å². The molecule has 0 aromatic heterocycles. The van der Waals surface area contributed by atoms with Crippen LogP contribution >= 0.6 is 0 Å². The molecule has 5 nitrogen and oxygen atoms in total. The van der Waals surface area contributed by atoms with Gasteiger partial charge in [-0.25, -0.2) is 0 Å². The molecule has 3 aliphatic rings. The summed E-state index contributed by atoms with van der Waals surface area (Å²) in [5.41, 5.74) is 0.883. The number of hydrogen-bond donors (Lipinski definition) is 1. The van der Waals surface area contributed by atoms with E-state index in [2.05, 4.69) is 26.7 Å². The van der Waals surface area contributed by atoms with Crippen LogP contribution in [0.25, 0.3) is 22.2 Å². The summed E-state index contributed by atoms with van der Waals surface area (Å²) in [6.07, 6.45) is 4.26. The van der Waals surface area contributed by atoms with Gasteiger partial charge in [-0.3, -0.25) is 9.48 Å². The molecule has 1 saturated heterocycles. The second-order valence-electron chi connectivity index (χ2n) is 5.90. The standard InChI is InChI=1S/C16H18N4O/c1-19-8-4-5-11(10-19)20-15-14(9-17-20)12-6-2-3-7-13(12)16(21)18-15/h2-3,6-7,9,11,17H,4-5,8,10H2,1H3. The van der Waals surface area contributed by atoms with Crippen LogP contribution in [0.2, 0.25) is 0 Å². The van der Waals surface area contributed by atoms with Crippen molar-refractivity contribution < 1.29 is 0 Å². The maximum absolute atomic E-state index is 12.2. The third-order valence-electron chi connectivity index (χ3n) is 4.44. The Kier molecular flexibility index (Phi) is 2.82. The van der Waals surface area contributed by atoms with Crippen LogP contribution in [0.4, 0.5) is 0 Å². The van der Waals surface area contributed by atoms with Crippen molar-refractivity contribution in [3.05, 3.63) is 40.8 Å². The highest BCUT2D eigenvalue weighted by atomic mass is 16.1. The first-order valence-electron chi connectivity index (χ1n) is 7.41. The lowest BCUT2D eigenvalue weighted by Crippen LogP contribution is -2.34. The Morgan fingerprint density at radius 3 is 2.90 bits per heavy atom. The summed E-state index contributed by atoms with van der Waals surface area (Å²) in [7, 11) is 2.14. The van der Waals surface area contributed by atoms with Crippen molar-refractivity contribution in [2.45, 2.75) is 18.9 Å². The fraction of sp³-hybridized carbons (Fsp3) is 0.375. The van der Waals surface area contributed by atoms with Gasteiger partial charge in [0.25, 0.3) is 5.56 Å². The molecule has 3 aliphatic heterocycles. The predicted octanol–water partition coefficient (Wildman–Crippen LogP) is 2.10. The van der Waals surface area contributed by atoms with E-state index < -0.39 is 0 Å². The largest absolute Gasteiger partial charge is 0.304 e. The predicted molar refractivity (Wildman–Crippen MR) is 82.7 cm³/mol. The Labute approximate surface area is 122 Å². The maximum Gasteiger partial charge on any atom is 0.279 e. The molecule has 1 aromatic rings. The Bertz CT molecular complexity index is 819. The van der Waals surface area contributed by atoms with E-state index in [4.69, 9.17) is 0 Å². The van der Waals surface area contributed by atoms with Crippen molar-refractivity contribution in [1.29, 1.82) is 0 Å². The minimum absolute atomic E-state index is 0.143. The molecule has 0 aliphatic carbocycles. The molecule has 0 saturated carbocycles. The van der Waals surface area contributed by atoms with E-state index in [0.717, 1.165) is 36.3 Å². The van der Waals surface area contributed by atoms with Gasteiger partial charge >= 0.3 is 0 Å². The zero-order chi connectivity index (χ0) is 14.4. The number of hydrogen-bond acceptors (Lipinski definition) is 3. The van der Waals surface area contributed by atoms with E-state index in [-0.39, 0.29) is 5.56 Å². The molecule has 1 N–H and O–H groups in total. The second kappa shape index (κ2) is 4.70. The van der Waals surface area contributed by atoms with Crippen LogP contribution in [0.5, 0.6) is 0 Å². The number of aromatic nitrogens is 3. The van der Waals surface area contributed by atoms with Crippen LogP contribution in [0.1, 0.15) is 18.9 Å². The van der Waals surface area contributed by atoms with E-state index in [1.807, 2.05) is 30.5 Å². The first kappa shape index (κ1) is 12.6. The van der Waals surface area contributed by atoms with Crippen LogP contribution in [-0.4, -0.2) is 39.8 Å². The molecule has 1 atom stereocenters. The number of H-pyrrole nitrogens is 1. The Hall–Kier alpha value is -2.14. The fourth-order valence-corrected chi connectivity index (χ4v) is 3.39. The van der Waals surface area contributed by atoms with Crippen molar-refractivity contribution >= 4 is 10.8 Å². The van der Waals surface area contributed by atoms with E-state index in [9.17, 15) is 4.79 Å². The number of pyridine rings is 1. The number of fused-ring (bicyclic) bond motifs is 3. The van der Waals surface area contributed by atoms with Crippen LogP contribution in [0.3, 0.4) is 0 Å². The van der Waals surface area contributed by atoms with E-state index in [1.165, 1.54) is 6.42 Å². The summed E-state index contributed by atoms with van der Waals surface area (Å²) in [4.78, 5) is 18.9. The number of piperidine rings is 1. The van der Waals surface area contributed by atoms with Gasteiger partial charge in [0, 0.05) is 23.7 Å². The maximum atomic E-state index is 12.2. The fourth-order valence-electron chi connectivity index (χ4n) is 3.39. The van der Waals surface area contributed by atoms with Crippen LogP contribution in [-0.2, 0) is 0 Å². The van der Waals surface area contributed by atoms with Crippen molar-refractivity contribution in [1.82, 2.24) is 19.7 Å². The van der Waals surface area contributed by atoms with Gasteiger partial charge in [-0.15, -0.1) is 0 Å². The van der Waals surface area contributed by atoms with E-state index in [0.29, 0.717) is 11.4 Å². The zero-order valence-electron chi connectivity index (χ0n) is 12.0. The number of nitrogens with zero attached hydrogens (tertiary/aromatic N) is 3. The summed E-state index contributed by atoms with van der Waals surface area (Å²) in [6, 6.07) is 8.04. The minimum Gasteiger partial charge on any atom is -0.304 e. The molecule has 5 heteroatoms. The number of aromatic amines is 1. The van der Waals surface area contributed by atoms with Crippen LogP contribution < -0.4 is 5.56 Å². The average Bonchev–Trinajstić information content (AvgIpc) is 2.91. The second-order valence-corrected chi connectivity index (χ2v) is 5.90. The topological polar surface area (TPSA) is 53.9 Å². The first-order valence-corrected chi connectivity index (χ1v) is 7.41. The molecular weight excluding hydrogens is 264 g/mol.